The highest BCUT2D eigenvalue weighted by Crippen LogP contribution is 2.37. The quantitative estimate of drug-likeness (QED) is 0.563. The van der Waals surface area contributed by atoms with Crippen LogP contribution >= 0.6 is 0 Å². The van der Waals surface area contributed by atoms with E-state index in [0.717, 1.165) is 42.7 Å². The largest absolute Gasteiger partial charge is 0.573 e. The third-order valence-corrected chi connectivity index (χ3v) is 5.96. The number of halogens is 4. The summed E-state index contributed by atoms with van der Waals surface area (Å²) >= 11 is 0. The first kappa shape index (κ1) is 18.5. The van der Waals surface area contributed by atoms with Crippen LogP contribution in [0.1, 0.15) is 63.0 Å². The van der Waals surface area contributed by atoms with Gasteiger partial charge < -0.3 is 4.74 Å². The Balaban J connectivity index is 1.57. The van der Waals surface area contributed by atoms with Gasteiger partial charge in [-0.15, -0.1) is 13.2 Å². The molecule has 140 valence electrons. The smallest absolute Gasteiger partial charge is 0.403 e. The van der Waals surface area contributed by atoms with Gasteiger partial charge >= 0.3 is 6.36 Å². The lowest BCUT2D eigenvalue weighted by Crippen LogP contribution is -2.21. The van der Waals surface area contributed by atoms with Crippen molar-refractivity contribution in [1.82, 2.24) is 0 Å². The summed E-state index contributed by atoms with van der Waals surface area (Å²) in [5.74, 6) is 0.641. The van der Waals surface area contributed by atoms with Gasteiger partial charge in [0.05, 0.1) is 0 Å². The van der Waals surface area contributed by atoms with Gasteiger partial charge in [0, 0.05) is 0 Å². The third kappa shape index (κ3) is 4.89. The number of hydrogen-bond donors (Lipinski definition) is 0. The summed E-state index contributed by atoms with van der Waals surface area (Å²) in [7, 11) is 0. The van der Waals surface area contributed by atoms with Crippen LogP contribution in [0.15, 0.2) is 12.1 Å². The molecule has 0 radical (unpaired) electrons. The highest BCUT2D eigenvalue weighted by atomic mass is 19.4. The van der Waals surface area contributed by atoms with Gasteiger partial charge in [0.2, 0.25) is 0 Å². The normalized spacial score (nSPS) is 27.0. The van der Waals surface area contributed by atoms with Gasteiger partial charge in [-0.2, -0.15) is 0 Å². The Morgan fingerprint density at radius 2 is 1.68 bits per heavy atom. The van der Waals surface area contributed by atoms with Crippen molar-refractivity contribution in [2.24, 2.45) is 17.8 Å². The van der Waals surface area contributed by atoms with Gasteiger partial charge in [-0.25, -0.2) is 4.39 Å². The number of hydrogen-bond acceptors (Lipinski definition) is 1. The lowest BCUT2D eigenvalue weighted by molar-refractivity contribution is -0.275. The molecule has 1 atom stereocenters. The molecular weight excluding hydrogens is 332 g/mol. The van der Waals surface area contributed by atoms with E-state index < -0.39 is 17.9 Å². The Bertz CT molecular complexity index is 588. The lowest BCUT2D eigenvalue weighted by Gasteiger charge is -2.30. The number of ether oxygens (including phenoxy) is 1. The van der Waals surface area contributed by atoms with Crippen LogP contribution in [0, 0.1) is 23.6 Å². The Kier molecular flexibility index (Phi) is 5.59. The predicted molar refractivity (Wildman–Crippen MR) is 89.0 cm³/mol. The summed E-state index contributed by atoms with van der Waals surface area (Å²) in [4.78, 5) is 0. The highest BCUT2D eigenvalue weighted by molar-refractivity contribution is 5.39. The fraction of sp³-hybridized carbons (Fsp3) is 0.700. The van der Waals surface area contributed by atoms with Crippen LogP contribution in [-0.2, 0) is 12.8 Å². The average Bonchev–Trinajstić information content (AvgIpc) is 2.56. The van der Waals surface area contributed by atoms with Crippen LogP contribution in [0.25, 0.3) is 0 Å². The van der Waals surface area contributed by atoms with Crippen molar-refractivity contribution in [2.75, 3.05) is 0 Å². The monoisotopic (exact) mass is 358 g/mol. The summed E-state index contributed by atoms with van der Waals surface area (Å²) < 4.78 is 55.1. The van der Waals surface area contributed by atoms with Crippen molar-refractivity contribution in [1.29, 1.82) is 0 Å². The van der Waals surface area contributed by atoms with Crippen molar-refractivity contribution in [3.05, 3.63) is 29.1 Å². The maximum absolute atomic E-state index is 14.3. The topological polar surface area (TPSA) is 9.23 Å². The molecule has 1 aromatic carbocycles. The molecule has 0 spiro atoms. The summed E-state index contributed by atoms with van der Waals surface area (Å²) in [6.07, 6.45) is 4.91. The standard InChI is InChI=1S/C20H26F4O/c1-13-2-4-14(5-3-13)6-7-15-8-10-17-16(12-15)9-11-18(19(17)21)25-20(22,23)24/h9,11,13-15H,2-8,10,12H2,1H3. The Labute approximate surface area is 146 Å². The van der Waals surface area contributed by atoms with Crippen LogP contribution in [-0.4, -0.2) is 6.36 Å². The zero-order valence-corrected chi connectivity index (χ0v) is 14.7. The van der Waals surface area contributed by atoms with Crippen molar-refractivity contribution >= 4 is 0 Å². The molecule has 2 aliphatic rings. The van der Waals surface area contributed by atoms with E-state index in [9.17, 15) is 17.6 Å². The molecule has 0 N–H and O–H groups in total. The summed E-state index contributed by atoms with van der Waals surface area (Å²) in [6, 6.07) is 2.72. The molecule has 0 saturated heterocycles. The zero-order chi connectivity index (χ0) is 18.0. The Morgan fingerprint density at radius 1 is 1.00 bits per heavy atom. The van der Waals surface area contributed by atoms with Crippen molar-refractivity contribution in [2.45, 2.75) is 71.1 Å². The molecule has 1 aromatic rings. The third-order valence-electron chi connectivity index (χ3n) is 5.96. The van der Waals surface area contributed by atoms with E-state index in [-0.39, 0.29) is 0 Å². The molecule has 1 fully saturated rings. The van der Waals surface area contributed by atoms with E-state index in [2.05, 4.69) is 11.7 Å². The van der Waals surface area contributed by atoms with Gasteiger partial charge in [-0.3, -0.25) is 0 Å². The lowest BCUT2D eigenvalue weighted by atomic mass is 9.76. The average molecular weight is 358 g/mol. The zero-order valence-electron chi connectivity index (χ0n) is 14.7. The molecule has 0 aliphatic heterocycles. The van der Waals surface area contributed by atoms with E-state index in [1.54, 1.807) is 6.07 Å². The van der Waals surface area contributed by atoms with Crippen molar-refractivity contribution in [3.63, 3.8) is 0 Å². The number of benzene rings is 1. The van der Waals surface area contributed by atoms with Gasteiger partial charge in [0.15, 0.2) is 11.6 Å². The molecule has 2 aliphatic carbocycles. The first-order valence-corrected chi connectivity index (χ1v) is 9.38. The number of alkyl halides is 3. The second-order valence-corrected chi connectivity index (χ2v) is 7.88. The Hall–Kier alpha value is -1.26. The second kappa shape index (κ2) is 7.55. The minimum absolute atomic E-state index is 0.407. The molecular formula is C20H26F4O. The fourth-order valence-electron chi connectivity index (χ4n) is 4.40. The first-order valence-electron chi connectivity index (χ1n) is 9.38. The number of rotatable bonds is 4. The molecule has 0 aromatic heterocycles. The van der Waals surface area contributed by atoms with Crippen LogP contribution < -0.4 is 4.74 Å². The minimum atomic E-state index is -4.86. The van der Waals surface area contributed by atoms with Gasteiger partial charge in [0.25, 0.3) is 0 Å². The van der Waals surface area contributed by atoms with Crippen LogP contribution in [0.3, 0.4) is 0 Å². The molecule has 0 amide bonds. The first-order chi connectivity index (χ1) is 11.8. The molecule has 1 saturated carbocycles. The van der Waals surface area contributed by atoms with E-state index in [0.29, 0.717) is 17.9 Å². The van der Waals surface area contributed by atoms with Crippen molar-refractivity contribution in [3.8, 4) is 5.75 Å². The van der Waals surface area contributed by atoms with Crippen LogP contribution in [0.4, 0.5) is 17.6 Å². The molecule has 1 unspecified atom stereocenters. The van der Waals surface area contributed by atoms with Gasteiger partial charge in [-0.1, -0.05) is 45.1 Å². The van der Waals surface area contributed by atoms with Crippen molar-refractivity contribution < 1.29 is 22.3 Å². The molecule has 5 heteroatoms. The Morgan fingerprint density at radius 3 is 2.36 bits per heavy atom. The number of fused-ring (bicyclic) bond motifs is 1. The van der Waals surface area contributed by atoms with Gasteiger partial charge in [-0.05, 0) is 60.6 Å². The molecule has 0 heterocycles. The maximum atomic E-state index is 14.3. The van der Waals surface area contributed by atoms with E-state index in [4.69, 9.17) is 0 Å². The summed E-state index contributed by atoms with van der Waals surface area (Å²) in [5.41, 5.74) is 1.25. The van der Waals surface area contributed by atoms with Gasteiger partial charge in [0.1, 0.15) is 0 Å². The van der Waals surface area contributed by atoms with E-state index in [1.807, 2.05) is 0 Å². The SMILES string of the molecule is CC1CCC(CCC2CCc3c(ccc(OC(F)(F)F)c3F)C2)CC1. The van der Waals surface area contributed by atoms with Crippen LogP contribution in [0.2, 0.25) is 0 Å². The van der Waals surface area contributed by atoms with E-state index in [1.165, 1.54) is 32.1 Å². The summed E-state index contributed by atoms with van der Waals surface area (Å²) in [6.45, 7) is 2.32. The molecule has 25 heavy (non-hydrogen) atoms. The molecule has 3 rings (SSSR count). The maximum Gasteiger partial charge on any atom is 0.573 e. The minimum Gasteiger partial charge on any atom is -0.403 e. The molecule has 1 nitrogen and oxygen atoms in total. The fourth-order valence-corrected chi connectivity index (χ4v) is 4.40. The molecule has 0 bridgehead atoms. The highest BCUT2D eigenvalue weighted by Gasteiger charge is 2.34. The second-order valence-electron chi connectivity index (χ2n) is 7.88. The predicted octanol–water partition coefficient (Wildman–Crippen LogP) is 6.44. The summed E-state index contributed by atoms with van der Waals surface area (Å²) in [5, 5.41) is 0. The van der Waals surface area contributed by atoms with E-state index >= 15 is 0 Å². The van der Waals surface area contributed by atoms with Crippen LogP contribution in [0.5, 0.6) is 5.75 Å².